The van der Waals surface area contributed by atoms with Crippen LogP contribution in [0, 0.1) is 5.82 Å². The summed E-state index contributed by atoms with van der Waals surface area (Å²) in [6.45, 7) is 4.01. The maximum Gasteiger partial charge on any atom is 0.123 e. The van der Waals surface area contributed by atoms with Gasteiger partial charge in [-0.15, -0.1) is 0 Å². The van der Waals surface area contributed by atoms with Crippen LogP contribution in [0.5, 0.6) is 0 Å². The Morgan fingerprint density at radius 2 is 1.79 bits per heavy atom. The van der Waals surface area contributed by atoms with Crippen LogP contribution < -0.4 is 5.32 Å². The molecule has 0 fully saturated rings. The average Bonchev–Trinajstić information content (AvgIpc) is 2.20. The lowest BCUT2D eigenvalue weighted by molar-refractivity contribution is 0.106. The van der Waals surface area contributed by atoms with Crippen LogP contribution in [-0.4, -0.2) is 19.3 Å². The van der Waals surface area contributed by atoms with Gasteiger partial charge < -0.3 is 10.1 Å². The van der Waals surface area contributed by atoms with Crippen LogP contribution in [0.15, 0.2) is 24.3 Å². The minimum Gasteiger partial charge on any atom is -0.380 e. The van der Waals surface area contributed by atoms with E-state index in [2.05, 4.69) is 5.32 Å². The second-order valence-electron chi connectivity index (χ2n) is 3.38. The molecule has 0 aromatic heterocycles. The molecule has 2 unspecified atom stereocenters. The quantitative estimate of drug-likeness (QED) is 0.801. The summed E-state index contributed by atoms with van der Waals surface area (Å²) in [4.78, 5) is 0. The second kappa shape index (κ2) is 4.96. The number of hydrogen-bond acceptors (Lipinski definition) is 2. The van der Waals surface area contributed by atoms with Crippen LogP contribution in [-0.2, 0) is 4.74 Å². The molecule has 0 aliphatic rings. The van der Waals surface area contributed by atoms with E-state index >= 15 is 0 Å². The summed E-state index contributed by atoms with van der Waals surface area (Å²) in [5, 5.41) is 3.23. The molecule has 2 atom stereocenters. The van der Waals surface area contributed by atoms with Crippen LogP contribution in [0.2, 0.25) is 0 Å². The molecular weight excluding hydrogens is 181 g/mol. The summed E-state index contributed by atoms with van der Waals surface area (Å²) in [7, 11) is 1.67. The standard InChI is InChI=1S/C11H16FNO/c1-8(9(2)14-3)13-11-6-4-10(12)5-7-11/h4-9,13H,1-3H3. The van der Waals surface area contributed by atoms with Crippen molar-refractivity contribution in [3.8, 4) is 0 Å². The molecule has 1 N–H and O–H groups in total. The molecule has 1 rings (SSSR count). The van der Waals surface area contributed by atoms with Crippen LogP contribution in [0.25, 0.3) is 0 Å². The number of benzene rings is 1. The van der Waals surface area contributed by atoms with Crippen molar-refractivity contribution in [2.45, 2.75) is 26.0 Å². The molecule has 2 nitrogen and oxygen atoms in total. The Morgan fingerprint density at radius 1 is 1.21 bits per heavy atom. The van der Waals surface area contributed by atoms with Crippen LogP contribution in [0.3, 0.4) is 0 Å². The molecule has 1 aromatic carbocycles. The van der Waals surface area contributed by atoms with Crippen LogP contribution in [0.1, 0.15) is 13.8 Å². The summed E-state index contributed by atoms with van der Waals surface area (Å²) in [5.74, 6) is -0.219. The van der Waals surface area contributed by atoms with Gasteiger partial charge in [-0.3, -0.25) is 0 Å². The Hall–Kier alpha value is -1.09. The van der Waals surface area contributed by atoms with Crippen molar-refractivity contribution >= 4 is 5.69 Å². The highest BCUT2D eigenvalue weighted by atomic mass is 19.1. The third-order valence-corrected chi connectivity index (χ3v) is 2.31. The molecule has 14 heavy (non-hydrogen) atoms. The van der Waals surface area contributed by atoms with E-state index in [4.69, 9.17) is 4.74 Å². The van der Waals surface area contributed by atoms with E-state index in [1.165, 1.54) is 12.1 Å². The van der Waals surface area contributed by atoms with Crippen molar-refractivity contribution < 1.29 is 9.13 Å². The summed E-state index contributed by atoms with van der Waals surface area (Å²) in [5.41, 5.74) is 0.905. The molecule has 3 heteroatoms. The molecule has 78 valence electrons. The van der Waals surface area contributed by atoms with E-state index in [0.717, 1.165) is 5.69 Å². The number of ether oxygens (including phenoxy) is 1. The van der Waals surface area contributed by atoms with Gasteiger partial charge in [-0.1, -0.05) is 0 Å². The molecule has 0 spiro atoms. The molecule has 0 radical (unpaired) electrons. The van der Waals surface area contributed by atoms with E-state index in [1.54, 1.807) is 19.2 Å². The van der Waals surface area contributed by atoms with E-state index in [-0.39, 0.29) is 18.0 Å². The maximum atomic E-state index is 12.6. The molecule has 0 saturated carbocycles. The highest BCUT2D eigenvalue weighted by Gasteiger charge is 2.10. The maximum absolute atomic E-state index is 12.6. The van der Waals surface area contributed by atoms with Crippen molar-refractivity contribution in [3.05, 3.63) is 30.1 Å². The number of methoxy groups -OCH3 is 1. The molecular formula is C11H16FNO. The second-order valence-corrected chi connectivity index (χ2v) is 3.38. The molecule has 0 saturated heterocycles. The molecule has 0 aliphatic carbocycles. The number of nitrogens with one attached hydrogen (secondary N) is 1. The van der Waals surface area contributed by atoms with Crippen LogP contribution in [0.4, 0.5) is 10.1 Å². The first kappa shape index (κ1) is 11.0. The summed E-state index contributed by atoms with van der Waals surface area (Å²) in [6, 6.07) is 6.51. The minimum atomic E-state index is -0.219. The van der Waals surface area contributed by atoms with Crippen molar-refractivity contribution in [1.82, 2.24) is 0 Å². The Balaban J connectivity index is 2.56. The van der Waals surface area contributed by atoms with Gasteiger partial charge in [-0.25, -0.2) is 4.39 Å². The fourth-order valence-corrected chi connectivity index (χ4v) is 1.13. The Kier molecular flexibility index (Phi) is 3.89. The topological polar surface area (TPSA) is 21.3 Å². The number of halogens is 1. The molecule has 0 amide bonds. The molecule has 1 aromatic rings. The predicted molar refractivity (Wildman–Crippen MR) is 56.0 cm³/mol. The molecule has 0 aliphatic heterocycles. The first-order chi connectivity index (χ1) is 6.63. The molecule has 0 bridgehead atoms. The van der Waals surface area contributed by atoms with Gasteiger partial charge in [0.2, 0.25) is 0 Å². The predicted octanol–water partition coefficient (Wildman–Crippen LogP) is 2.66. The zero-order valence-electron chi connectivity index (χ0n) is 8.75. The lowest BCUT2D eigenvalue weighted by Gasteiger charge is -2.20. The largest absolute Gasteiger partial charge is 0.380 e. The third kappa shape index (κ3) is 3.00. The Morgan fingerprint density at radius 3 is 2.29 bits per heavy atom. The van der Waals surface area contributed by atoms with Gasteiger partial charge in [0, 0.05) is 18.8 Å². The summed E-state index contributed by atoms with van der Waals surface area (Å²) < 4.78 is 17.8. The fourth-order valence-electron chi connectivity index (χ4n) is 1.13. The first-order valence-electron chi connectivity index (χ1n) is 4.68. The fraction of sp³-hybridized carbons (Fsp3) is 0.455. The zero-order valence-corrected chi connectivity index (χ0v) is 8.75. The number of rotatable bonds is 4. The van der Waals surface area contributed by atoms with Gasteiger partial charge >= 0.3 is 0 Å². The van der Waals surface area contributed by atoms with Gasteiger partial charge in [0.1, 0.15) is 5.82 Å². The lowest BCUT2D eigenvalue weighted by atomic mass is 10.2. The van der Waals surface area contributed by atoms with Gasteiger partial charge in [-0.05, 0) is 38.1 Å². The third-order valence-electron chi connectivity index (χ3n) is 2.31. The van der Waals surface area contributed by atoms with Crippen molar-refractivity contribution in [2.75, 3.05) is 12.4 Å². The van der Waals surface area contributed by atoms with E-state index in [0.29, 0.717) is 0 Å². The number of hydrogen-bond donors (Lipinski definition) is 1. The van der Waals surface area contributed by atoms with Crippen molar-refractivity contribution in [2.24, 2.45) is 0 Å². The van der Waals surface area contributed by atoms with Crippen molar-refractivity contribution in [1.29, 1.82) is 0 Å². The SMILES string of the molecule is COC(C)C(C)Nc1ccc(F)cc1. The van der Waals surface area contributed by atoms with E-state index in [1.807, 2.05) is 13.8 Å². The van der Waals surface area contributed by atoms with Crippen molar-refractivity contribution in [3.63, 3.8) is 0 Å². The Labute approximate surface area is 84.1 Å². The monoisotopic (exact) mass is 197 g/mol. The number of anilines is 1. The van der Waals surface area contributed by atoms with E-state index < -0.39 is 0 Å². The minimum absolute atomic E-state index is 0.125. The summed E-state index contributed by atoms with van der Waals surface area (Å²) >= 11 is 0. The highest BCUT2D eigenvalue weighted by Crippen LogP contribution is 2.11. The van der Waals surface area contributed by atoms with Gasteiger partial charge in [0.25, 0.3) is 0 Å². The van der Waals surface area contributed by atoms with Crippen LogP contribution >= 0.6 is 0 Å². The first-order valence-corrected chi connectivity index (χ1v) is 4.68. The van der Waals surface area contributed by atoms with Gasteiger partial charge in [-0.2, -0.15) is 0 Å². The highest BCUT2D eigenvalue weighted by molar-refractivity contribution is 5.43. The zero-order chi connectivity index (χ0) is 10.6. The summed E-state index contributed by atoms with van der Waals surface area (Å²) in [6.07, 6.45) is 0.125. The normalized spacial score (nSPS) is 14.9. The Bertz CT molecular complexity index is 273. The van der Waals surface area contributed by atoms with Gasteiger partial charge in [0.05, 0.1) is 6.10 Å². The lowest BCUT2D eigenvalue weighted by Crippen LogP contribution is -2.29. The van der Waals surface area contributed by atoms with E-state index in [9.17, 15) is 4.39 Å². The molecule has 0 heterocycles. The van der Waals surface area contributed by atoms with Gasteiger partial charge in [0.15, 0.2) is 0 Å². The smallest absolute Gasteiger partial charge is 0.123 e. The average molecular weight is 197 g/mol.